The standard InChI is InChI=1S/C15H22N2O3/c1-5-10-9-12(10)17-8-6-7-11(13(17)18)16-14(19)20-15(2,3)4/h6-8,10,12H,5,9H2,1-4H3,(H,16,19)/t10-,12-/m1/s1. The van der Waals surface area contributed by atoms with Crippen molar-refractivity contribution in [2.24, 2.45) is 5.92 Å². The Balaban J connectivity index is 2.12. The van der Waals surface area contributed by atoms with Crippen LogP contribution < -0.4 is 10.9 Å². The van der Waals surface area contributed by atoms with E-state index in [1.807, 2.05) is 0 Å². The van der Waals surface area contributed by atoms with E-state index in [0.717, 1.165) is 12.8 Å². The topological polar surface area (TPSA) is 60.3 Å². The molecule has 1 aromatic rings. The maximum absolute atomic E-state index is 12.3. The van der Waals surface area contributed by atoms with Crippen molar-refractivity contribution in [2.75, 3.05) is 5.32 Å². The van der Waals surface area contributed by atoms with Crippen LogP contribution in [0.4, 0.5) is 10.5 Å². The van der Waals surface area contributed by atoms with E-state index in [-0.39, 0.29) is 17.3 Å². The van der Waals surface area contributed by atoms with E-state index in [9.17, 15) is 9.59 Å². The van der Waals surface area contributed by atoms with E-state index in [4.69, 9.17) is 4.74 Å². The molecule has 0 saturated heterocycles. The number of nitrogens with one attached hydrogen (secondary N) is 1. The van der Waals surface area contributed by atoms with E-state index in [2.05, 4.69) is 12.2 Å². The van der Waals surface area contributed by atoms with Gasteiger partial charge in [0.15, 0.2) is 0 Å². The highest BCUT2D eigenvalue weighted by Gasteiger charge is 2.37. The fourth-order valence-electron chi connectivity index (χ4n) is 2.29. The van der Waals surface area contributed by atoms with Crippen molar-refractivity contribution in [3.05, 3.63) is 28.7 Å². The van der Waals surface area contributed by atoms with E-state index in [1.54, 1.807) is 43.7 Å². The van der Waals surface area contributed by atoms with Crippen LogP contribution in [-0.2, 0) is 4.74 Å². The molecule has 20 heavy (non-hydrogen) atoms. The molecule has 1 aliphatic carbocycles. The van der Waals surface area contributed by atoms with Crippen LogP contribution in [0.15, 0.2) is 23.1 Å². The lowest BCUT2D eigenvalue weighted by Crippen LogP contribution is -2.30. The summed E-state index contributed by atoms with van der Waals surface area (Å²) in [6.45, 7) is 7.47. The number of anilines is 1. The Morgan fingerprint density at radius 2 is 2.20 bits per heavy atom. The monoisotopic (exact) mass is 278 g/mol. The fraction of sp³-hybridized carbons (Fsp3) is 0.600. The number of hydrogen-bond acceptors (Lipinski definition) is 3. The highest BCUT2D eigenvalue weighted by Crippen LogP contribution is 2.44. The minimum atomic E-state index is -0.602. The number of nitrogens with zero attached hydrogens (tertiary/aromatic N) is 1. The van der Waals surface area contributed by atoms with Crippen LogP contribution in [0.25, 0.3) is 0 Å². The second kappa shape index (κ2) is 5.31. The minimum Gasteiger partial charge on any atom is -0.444 e. The third kappa shape index (κ3) is 3.40. The molecule has 2 atom stereocenters. The molecular weight excluding hydrogens is 256 g/mol. The lowest BCUT2D eigenvalue weighted by Gasteiger charge is -2.19. The maximum atomic E-state index is 12.3. The molecule has 1 aliphatic rings. The van der Waals surface area contributed by atoms with Gasteiger partial charge in [-0.05, 0) is 45.2 Å². The number of ether oxygens (including phenoxy) is 1. The van der Waals surface area contributed by atoms with Crippen LogP contribution in [0.5, 0.6) is 0 Å². The first kappa shape index (κ1) is 14.6. The van der Waals surface area contributed by atoms with Gasteiger partial charge >= 0.3 is 6.09 Å². The van der Waals surface area contributed by atoms with Crippen molar-refractivity contribution in [3.63, 3.8) is 0 Å². The molecule has 0 unspecified atom stereocenters. The third-order valence-corrected chi connectivity index (χ3v) is 3.38. The Morgan fingerprint density at radius 3 is 2.75 bits per heavy atom. The highest BCUT2D eigenvalue weighted by molar-refractivity contribution is 5.84. The molecule has 0 aromatic carbocycles. The van der Waals surface area contributed by atoms with Gasteiger partial charge in [0.25, 0.3) is 5.56 Å². The Kier molecular flexibility index (Phi) is 3.88. The van der Waals surface area contributed by atoms with Crippen molar-refractivity contribution in [2.45, 2.75) is 52.2 Å². The van der Waals surface area contributed by atoms with Gasteiger partial charge in [-0.2, -0.15) is 0 Å². The van der Waals surface area contributed by atoms with Gasteiger partial charge in [0.2, 0.25) is 0 Å². The van der Waals surface area contributed by atoms with Crippen LogP contribution in [0.2, 0.25) is 0 Å². The SMILES string of the molecule is CC[C@@H]1C[C@H]1n1cccc(NC(=O)OC(C)(C)C)c1=O. The first-order valence-electron chi connectivity index (χ1n) is 7.03. The molecule has 0 radical (unpaired) electrons. The second-order valence-electron chi connectivity index (χ2n) is 6.23. The van der Waals surface area contributed by atoms with Crippen molar-refractivity contribution in [1.82, 2.24) is 4.57 Å². The molecule has 5 heteroatoms. The number of aromatic nitrogens is 1. The predicted octanol–water partition coefficient (Wildman–Crippen LogP) is 3.17. The smallest absolute Gasteiger partial charge is 0.412 e. The molecular formula is C15H22N2O3. The molecule has 1 amide bonds. The predicted molar refractivity (Wildman–Crippen MR) is 78.0 cm³/mol. The molecule has 110 valence electrons. The van der Waals surface area contributed by atoms with Crippen LogP contribution >= 0.6 is 0 Å². The zero-order valence-electron chi connectivity index (χ0n) is 12.5. The van der Waals surface area contributed by atoms with Gasteiger partial charge in [0, 0.05) is 12.2 Å². The summed E-state index contributed by atoms with van der Waals surface area (Å²) in [6.07, 6.45) is 3.28. The summed E-state index contributed by atoms with van der Waals surface area (Å²) >= 11 is 0. The van der Waals surface area contributed by atoms with Gasteiger partial charge in [0.1, 0.15) is 11.3 Å². The van der Waals surface area contributed by atoms with Crippen LogP contribution in [0.3, 0.4) is 0 Å². The summed E-state index contributed by atoms with van der Waals surface area (Å²) in [5.74, 6) is 0.574. The van der Waals surface area contributed by atoms with Gasteiger partial charge in [-0.25, -0.2) is 4.79 Å². The fourth-order valence-corrected chi connectivity index (χ4v) is 2.29. The van der Waals surface area contributed by atoms with Crippen molar-refractivity contribution in [3.8, 4) is 0 Å². The summed E-state index contributed by atoms with van der Waals surface area (Å²) in [5.41, 5.74) is -0.482. The average Bonchev–Trinajstić information content (AvgIpc) is 3.08. The highest BCUT2D eigenvalue weighted by atomic mass is 16.6. The van der Waals surface area contributed by atoms with E-state index < -0.39 is 11.7 Å². The molecule has 2 rings (SSSR count). The molecule has 0 bridgehead atoms. The number of carbonyl (C=O) groups is 1. The Hall–Kier alpha value is -1.78. The third-order valence-electron chi connectivity index (χ3n) is 3.38. The van der Waals surface area contributed by atoms with Gasteiger partial charge < -0.3 is 9.30 Å². The molecule has 0 spiro atoms. The van der Waals surface area contributed by atoms with E-state index in [0.29, 0.717) is 5.92 Å². The van der Waals surface area contributed by atoms with Gasteiger partial charge in [0.05, 0.1) is 0 Å². The normalized spacial score (nSPS) is 21.4. The number of carbonyl (C=O) groups excluding carboxylic acids is 1. The van der Waals surface area contributed by atoms with Crippen molar-refractivity contribution < 1.29 is 9.53 Å². The molecule has 1 aromatic heterocycles. The van der Waals surface area contributed by atoms with Gasteiger partial charge in [-0.3, -0.25) is 10.1 Å². The summed E-state index contributed by atoms with van der Waals surface area (Å²) in [5, 5.41) is 2.53. The largest absolute Gasteiger partial charge is 0.444 e. The number of pyridine rings is 1. The first-order chi connectivity index (χ1) is 9.31. The first-order valence-corrected chi connectivity index (χ1v) is 7.03. The van der Waals surface area contributed by atoms with Gasteiger partial charge in [-0.15, -0.1) is 0 Å². The number of amides is 1. The Morgan fingerprint density at radius 1 is 1.50 bits per heavy atom. The van der Waals surface area contributed by atoms with E-state index >= 15 is 0 Å². The summed E-state index contributed by atoms with van der Waals surface area (Å²) in [6, 6.07) is 3.65. The van der Waals surface area contributed by atoms with Crippen LogP contribution in [0, 0.1) is 5.92 Å². The molecule has 1 fully saturated rings. The number of hydrogen-bond donors (Lipinski definition) is 1. The molecule has 0 aliphatic heterocycles. The Labute approximate surface area is 118 Å². The van der Waals surface area contributed by atoms with Crippen LogP contribution in [-0.4, -0.2) is 16.3 Å². The molecule has 1 heterocycles. The van der Waals surface area contributed by atoms with Gasteiger partial charge in [-0.1, -0.05) is 13.3 Å². The summed E-state index contributed by atoms with van der Waals surface area (Å²) < 4.78 is 6.87. The zero-order chi connectivity index (χ0) is 14.9. The lowest BCUT2D eigenvalue weighted by molar-refractivity contribution is 0.0635. The molecule has 5 nitrogen and oxygen atoms in total. The number of rotatable bonds is 3. The maximum Gasteiger partial charge on any atom is 0.412 e. The van der Waals surface area contributed by atoms with Crippen molar-refractivity contribution >= 4 is 11.8 Å². The Bertz CT molecular complexity index is 557. The molecule has 1 N–H and O–H groups in total. The summed E-state index contributed by atoms with van der Waals surface area (Å²) in [7, 11) is 0. The average molecular weight is 278 g/mol. The second-order valence-corrected chi connectivity index (χ2v) is 6.23. The minimum absolute atomic E-state index is 0.167. The molecule has 1 saturated carbocycles. The van der Waals surface area contributed by atoms with E-state index in [1.165, 1.54) is 0 Å². The zero-order valence-corrected chi connectivity index (χ0v) is 12.5. The quantitative estimate of drug-likeness (QED) is 0.923. The lowest BCUT2D eigenvalue weighted by atomic mass is 10.2. The van der Waals surface area contributed by atoms with Crippen molar-refractivity contribution in [1.29, 1.82) is 0 Å². The van der Waals surface area contributed by atoms with Crippen LogP contribution in [0.1, 0.15) is 46.6 Å². The summed E-state index contributed by atoms with van der Waals surface area (Å²) in [4.78, 5) is 24.0.